The molecule has 1 atom stereocenters. The summed E-state index contributed by atoms with van der Waals surface area (Å²) in [7, 11) is 0. The van der Waals surface area contributed by atoms with Crippen LogP contribution in [0.3, 0.4) is 0 Å². The lowest BCUT2D eigenvalue weighted by molar-refractivity contribution is -0.139. The molecule has 1 heterocycles. The highest BCUT2D eigenvalue weighted by molar-refractivity contribution is 6.31. The number of amides is 4. The molecular formula is C35H30ClN3O7. The molecule has 11 heteroatoms. The van der Waals surface area contributed by atoms with Crippen LogP contribution < -0.4 is 10.6 Å². The molecule has 0 saturated heterocycles. The molecule has 3 N–H and O–H groups in total. The van der Waals surface area contributed by atoms with E-state index in [2.05, 4.69) is 10.6 Å². The van der Waals surface area contributed by atoms with E-state index in [0.29, 0.717) is 23.3 Å². The molecule has 6 rings (SSSR count). The van der Waals surface area contributed by atoms with Gasteiger partial charge >= 0.3 is 12.1 Å². The summed E-state index contributed by atoms with van der Waals surface area (Å²) in [5.74, 6) is -2.97. The lowest BCUT2D eigenvalue weighted by Gasteiger charge is -2.17. The van der Waals surface area contributed by atoms with Gasteiger partial charge in [-0.3, -0.25) is 19.3 Å². The Morgan fingerprint density at radius 2 is 1.46 bits per heavy atom. The van der Waals surface area contributed by atoms with Gasteiger partial charge in [0.2, 0.25) is 5.91 Å². The molecule has 1 unspecified atom stereocenters. The van der Waals surface area contributed by atoms with Gasteiger partial charge in [0, 0.05) is 17.5 Å². The number of carbonyl (C=O) groups is 5. The van der Waals surface area contributed by atoms with Crippen LogP contribution in [-0.2, 0) is 14.3 Å². The van der Waals surface area contributed by atoms with Gasteiger partial charge in [0.25, 0.3) is 11.8 Å². The van der Waals surface area contributed by atoms with Gasteiger partial charge in [0.05, 0.1) is 11.1 Å². The maximum atomic E-state index is 12.9. The fraction of sp³-hybridized carbons (Fsp3) is 0.229. The van der Waals surface area contributed by atoms with Crippen LogP contribution in [0.1, 0.15) is 57.0 Å². The van der Waals surface area contributed by atoms with E-state index in [4.69, 9.17) is 16.3 Å². The summed E-state index contributed by atoms with van der Waals surface area (Å²) < 4.78 is 5.47. The molecule has 0 aromatic heterocycles. The third-order valence-corrected chi connectivity index (χ3v) is 8.60. The standard InChI is InChI=1S/C35H30ClN3O7/c36-22-13-12-20-16-27-28(17-21(20)15-22)33(42)39(32(27)41)18-31(40)37-14-6-5-11-30(34(43)44)38-35(45)46-19-29-25-9-3-1-7-23(25)24-8-2-4-10-26(24)29/h1-4,7-10,12-13,15-17,29-30H,5-6,11,14,18-19H2,(H,37,40)(H,38,45)(H,43,44). The topological polar surface area (TPSA) is 142 Å². The molecule has 46 heavy (non-hydrogen) atoms. The molecule has 10 nitrogen and oxygen atoms in total. The van der Waals surface area contributed by atoms with Crippen molar-refractivity contribution in [2.45, 2.75) is 31.2 Å². The maximum Gasteiger partial charge on any atom is 0.407 e. The molecule has 4 aromatic carbocycles. The number of hydrogen-bond donors (Lipinski definition) is 3. The quantitative estimate of drug-likeness (QED) is 0.148. The Balaban J connectivity index is 0.945. The molecule has 4 aromatic rings. The number of alkyl carbamates (subject to hydrolysis) is 1. The summed E-state index contributed by atoms with van der Waals surface area (Å²) in [6.07, 6.45) is 0.0874. The van der Waals surface area contributed by atoms with Crippen LogP contribution in [0.4, 0.5) is 4.79 Å². The van der Waals surface area contributed by atoms with E-state index < -0.39 is 42.4 Å². The third kappa shape index (κ3) is 6.16. The van der Waals surface area contributed by atoms with Gasteiger partial charge in [-0.1, -0.05) is 66.2 Å². The second-order valence-electron chi connectivity index (χ2n) is 11.3. The number of fused-ring (bicyclic) bond motifs is 5. The van der Waals surface area contributed by atoms with Crippen molar-refractivity contribution >= 4 is 52.2 Å². The molecule has 4 amide bonds. The minimum atomic E-state index is -1.20. The van der Waals surface area contributed by atoms with E-state index in [1.807, 2.05) is 48.5 Å². The van der Waals surface area contributed by atoms with Crippen molar-refractivity contribution in [3.8, 4) is 11.1 Å². The summed E-state index contributed by atoms with van der Waals surface area (Å²) in [6, 6.07) is 23.0. The Bertz CT molecular complexity index is 1850. The first-order valence-corrected chi connectivity index (χ1v) is 15.3. The van der Waals surface area contributed by atoms with Gasteiger partial charge < -0.3 is 20.5 Å². The zero-order valence-electron chi connectivity index (χ0n) is 24.6. The van der Waals surface area contributed by atoms with Gasteiger partial charge in [-0.2, -0.15) is 0 Å². The van der Waals surface area contributed by atoms with E-state index in [1.54, 1.807) is 30.3 Å². The van der Waals surface area contributed by atoms with Crippen LogP contribution in [0.15, 0.2) is 78.9 Å². The van der Waals surface area contributed by atoms with Crippen molar-refractivity contribution in [1.82, 2.24) is 15.5 Å². The Kier molecular flexibility index (Phi) is 8.72. The first-order valence-electron chi connectivity index (χ1n) is 14.9. The first kappa shape index (κ1) is 30.8. The van der Waals surface area contributed by atoms with Crippen LogP contribution in [0, 0.1) is 0 Å². The Labute approximate surface area is 269 Å². The number of nitrogens with zero attached hydrogens (tertiary/aromatic N) is 1. The number of benzene rings is 4. The minimum absolute atomic E-state index is 0.0656. The summed E-state index contributed by atoms with van der Waals surface area (Å²) in [6.45, 7) is -0.178. The number of imide groups is 1. The molecule has 0 bridgehead atoms. The highest BCUT2D eigenvalue weighted by Gasteiger charge is 2.37. The van der Waals surface area contributed by atoms with Crippen molar-refractivity contribution in [3.05, 3.63) is 106 Å². The van der Waals surface area contributed by atoms with Crippen LogP contribution >= 0.6 is 11.6 Å². The Morgan fingerprint density at radius 3 is 2.11 bits per heavy atom. The van der Waals surface area contributed by atoms with Gasteiger partial charge in [-0.15, -0.1) is 0 Å². The number of nitrogens with one attached hydrogen (secondary N) is 2. The predicted octanol–water partition coefficient (Wildman–Crippen LogP) is 5.37. The first-order chi connectivity index (χ1) is 22.2. The zero-order chi connectivity index (χ0) is 32.4. The highest BCUT2D eigenvalue weighted by Crippen LogP contribution is 2.44. The summed E-state index contributed by atoms with van der Waals surface area (Å²) in [4.78, 5) is 63.6. The van der Waals surface area contributed by atoms with E-state index in [-0.39, 0.29) is 36.6 Å². The monoisotopic (exact) mass is 639 g/mol. The van der Waals surface area contributed by atoms with Crippen molar-refractivity contribution in [2.75, 3.05) is 19.7 Å². The fourth-order valence-corrected chi connectivity index (χ4v) is 6.27. The van der Waals surface area contributed by atoms with E-state index >= 15 is 0 Å². The molecule has 2 aliphatic rings. The summed E-state index contributed by atoms with van der Waals surface area (Å²) in [5, 5.41) is 16.7. The van der Waals surface area contributed by atoms with Crippen LogP contribution in [-0.4, -0.2) is 65.5 Å². The number of unbranched alkanes of at least 4 members (excludes halogenated alkanes) is 1. The van der Waals surface area contributed by atoms with E-state index in [9.17, 15) is 29.1 Å². The summed E-state index contributed by atoms with van der Waals surface area (Å²) >= 11 is 6.05. The highest BCUT2D eigenvalue weighted by atomic mass is 35.5. The predicted molar refractivity (Wildman–Crippen MR) is 171 cm³/mol. The normalized spacial score (nSPS) is 14.1. The smallest absolute Gasteiger partial charge is 0.407 e. The molecule has 234 valence electrons. The van der Waals surface area contributed by atoms with Crippen molar-refractivity contribution in [3.63, 3.8) is 0 Å². The number of aliphatic carboxylic acids is 1. The average Bonchev–Trinajstić information content (AvgIpc) is 3.48. The molecule has 0 saturated carbocycles. The van der Waals surface area contributed by atoms with Gasteiger partial charge in [0.1, 0.15) is 19.2 Å². The van der Waals surface area contributed by atoms with E-state index in [0.717, 1.165) is 32.5 Å². The third-order valence-electron chi connectivity index (χ3n) is 8.37. The number of carboxylic acids is 1. The number of carbonyl (C=O) groups excluding carboxylic acids is 4. The number of rotatable bonds is 11. The molecule has 0 radical (unpaired) electrons. The molecule has 1 aliphatic heterocycles. The van der Waals surface area contributed by atoms with Crippen LogP contribution in [0.2, 0.25) is 5.02 Å². The second kappa shape index (κ2) is 13.0. The maximum absolute atomic E-state index is 12.9. The fourth-order valence-electron chi connectivity index (χ4n) is 6.09. The van der Waals surface area contributed by atoms with Gasteiger partial charge in [-0.25, -0.2) is 9.59 Å². The SMILES string of the molecule is O=C(CN1C(=O)c2cc3ccc(Cl)cc3cc2C1=O)NCCCCC(NC(=O)OCC1c2ccccc2-c2ccccc21)C(=O)O. The number of halogens is 1. The lowest BCUT2D eigenvalue weighted by Crippen LogP contribution is -2.42. The molecule has 0 spiro atoms. The molecular weight excluding hydrogens is 610 g/mol. The molecule has 0 fully saturated rings. The number of carboxylic acid groups (broad SMARTS) is 1. The van der Waals surface area contributed by atoms with Crippen molar-refractivity contribution in [2.24, 2.45) is 0 Å². The zero-order valence-corrected chi connectivity index (χ0v) is 25.4. The number of hydrogen-bond acceptors (Lipinski definition) is 6. The van der Waals surface area contributed by atoms with Gasteiger partial charge in [0.15, 0.2) is 0 Å². The van der Waals surface area contributed by atoms with Gasteiger partial charge in [-0.05, 0) is 76.6 Å². The van der Waals surface area contributed by atoms with E-state index in [1.165, 1.54) is 0 Å². The summed E-state index contributed by atoms with van der Waals surface area (Å²) in [5.41, 5.74) is 4.73. The van der Waals surface area contributed by atoms with Crippen molar-refractivity contribution in [1.29, 1.82) is 0 Å². The van der Waals surface area contributed by atoms with Crippen LogP contribution in [0.5, 0.6) is 0 Å². The molecule has 1 aliphatic carbocycles. The number of ether oxygens (including phenoxy) is 1. The Morgan fingerprint density at radius 1 is 0.826 bits per heavy atom. The average molecular weight is 640 g/mol. The second-order valence-corrected chi connectivity index (χ2v) is 11.7. The lowest BCUT2D eigenvalue weighted by atomic mass is 9.98. The largest absolute Gasteiger partial charge is 0.480 e. The Hall–Kier alpha value is -5.22. The van der Waals surface area contributed by atoms with Crippen molar-refractivity contribution < 1.29 is 33.8 Å². The van der Waals surface area contributed by atoms with Crippen LogP contribution in [0.25, 0.3) is 21.9 Å². The minimum Gasteiger partial charge on any atom is -0.480 e.